The summed E-state index contributed by atoms with van der Waals surface area (Å²) in [5.41, 5.74) is 3.90. The molecule has 0 radical (unpaired) electrons. The van der Waals surface area contributed by atoms with Gasteiger partial charge in [-0.05, 0) is 29.8 Å². The molecule has 1 aliphatic rings. The minimum atomic E-state index is 0.659. The van der Waals surface area contributed by atoms with E-state index < -0.39 is 0 Å². The predicted octanol–water partition coefficient (Wildman–Crippen LogP) is 1.77. The van der Waals surface area contributed by atoms with Crippen LogP contribution in [-0.2, 0) is 4.74 Å². The molecule has 1 saturated heterocycles. The van der Waals surface area contributed by atoms with Crippen molar-refractivity contribution in [1.29, 1.82) is 0 Å². The molecule has 3 rings (SSSR count). The van der Waals surface area contributed by atoms with E-state index in [0.717, 1.165) is 43.4 Å². The molecule has 1 aromatic carbocycles. The van der Waals surface area contributed by atoms with Gasteiger partial charge in [0.1, 0.15) is 17.9 Å². The average Bonchev–Trinajstić information content (AvgIpc) is 2.63. The third-order valence-electron chi connectivity index (χ3n) is 3.50. The van der Waals surface area contributed by atoms with E-state index in [0.29, 0.717) is 5.82 Å². The standard InChI is InChI=1S/C16H19N5O2/c1-22-14-4-2-13(3-5-14)11-19-20-15-10-16(18-12-17-15)21-6-8-23-9-7-21/h2-5,10-12H,6-9H2,1H3,(H,17,18,20)/b19-11+. The van der Waals surface area contributed by atoms with Crippen LogP contribution in [0, 0.1) is 0 Å². The van der Waals surface area contributed by atoms with Crippen molar-refractivity contribution in [2.45, 2.75) is 0 Å². The Morgan fingerprint density at radius 1 is 1.22 bits per heavy atom. The molecule has 1 aromatic heterocycles. The first kappa shape index (κ1) is 15.2. The van der Waals surface area contributed by atoms with E-state index in [9.17, 15) is 0 Å². The molecule has 0 bridgehead atoms. The molecular weight excluding hydrogens is 294 g/mol. The Hall–Kier alpha value is -2.67. The first-order chi connectivity index (χ1) is 11.3. The molecule has 120 valence electrons. The van der Waals surface area contributed by atoms with E-state index in [1.165, 1.54) is 6.33 Å². The molecule has 23 heavy (non-hydrogen) atoms. The normalized spacial score (nSPS) is 14.9. The number of ether oxygens (including phenoxy) is 2. The lowest BCUT2D eigenvalue weighted by Crippen LogP contribution is -2.36. The van der Waals surface area contributed by atoms with Crippen LogP contribution in [0.4, 0.5) is 11.6 Å². The van der Waals surface area contributed by atoms with Crippen LogP contribution in [0.3, 0.4) is 0 Å². The lowest BCUT2D eigenvalue weighted by molar-refractivity contribution is 0.122. The zero-order chi connectivity index (χ0) is 15.9. The van der Waals surface area contributed by atoms with Gasteiger partial charge in [-0.1, -0.05) is 0 Å². The highest BCUT2D eigenvalue weighted by Gasteiger charge is 2.12. The quantitative estimate of drug-likeness (QED) is 0.670. The zero-order valence-electron chi connectivity index (χ0n) is 13.0. The van der Waals surface area contributed by atoms with Crippen molar-refractivity contribution in [3.8, 4) is 5.75 Å². The van der Waals surface area contributed by atoms with Gasteiger partial charge < -0.3 is 14.4 Å². The number of benzene rings is 1. The minimum Gasteiger partial charge on any atom is -0.497 e. The van der Waals surface area contributed by atoms with Crippen molar-refractivity contribution in [3.63, 3.8) is 0 Å². The topological polar surface area (TPSA) is 71.9 Å². The second-order valence-corrected chi connectivity index (χ2v) is 5.00. The summed E-state index contributed by atoms with van der Waals surface area (Å²) in [6.07, 6.45) is 3.27. The summed E-state index contributed by atoms with van der Waals surface area (Å²) in [5, 5.41) is 4.20. The molecular formula is C16H19N5O2. The summed E-state index contributed by atoms with van der Waals surface area (Å²) in [6, 6.07) is 9.54. The Morgan fingerprint density at radius 3 is 2.74 bits per heavy atom. The van der Waals surface area contributed by atoms with Crippen LogP contribution in [-0.4, -0.2) is 49.6 Å². The van der Waals surface area contributed by atoms with E-state index in [2.05, 4.69) is 25.4 Å². The van der Waals surface area contributed by atoms with Crippen molar-refractivity contribution in [3.05, 3.63) is 42.2 Å². The van der Waals surface area contributed by atoms with Crippen molar-refractivity contribution in [1.82, 2.24) is 9.97 Å². The Labute approximate surface area is 135 Å². The zero-order valence-corrected chi connectivity index (χ0v) is 13.0. The summed E-state index contributed by atoms with van der Waals surface area (Å²) < 4.78 is 10.5. The number of anilines is 2. The van der Waals surface area contributed by atoms with Gasteiger partial charge in [-0.15, -0.1) is 0 Å². The van der Waals surface area contributed by atoms with Crippen LogP contribution in [0.5, 0.6) is 5.75 Å². The number of nitrogens with one attached hydrogen (secondary N) is 1. The largest absolute Gasteiger partial charge is 0.497 e. The molecule has 0 unspecified atom stereocenters. The van der Waals surface area contributed by atoms with Crippen molar-refractivity contribution < 1.29 is 9.47 Å². The van der Waals surface area contributed by atoms with E-state index >= 15 is 0 Å². The van der Waals surface area contributed by atoms with Crippen LogP contribution >= 0.6 is 0 Å². The number of nitrogens with zero attached hydrogens (tertiary/aromatic N) is 4. The second kappa shape index (κ2) is 7.55. The van der Waals surface area contributed by atoms with Gasteiger partial charge in [0, 0.05) is 19.2 Å². The first-order valence-electron chi connectivity index (χ1n) is 7.43. The summed E-state index contributed by atoms with van der Waals surface area (Å²) in [5.74, 6) is 2.36. The van der Waals surface area contributed by atoms with Gasteiger partial charge in [-0.25, -0.2) is 9.97 Å². The molecule has 0 amide bonds. The van der Waals surface area contributed by atoms with Gasteiger partial charge in [0.25, 0.3) is 0 Å². The molecule has 7 nitrogen and oxygen atoms in total. The number of hydrazone groups is 1. The van der Waals surface area contributed by atoms with Gasteiger partial charge in [0.15, 0.2) is 5.82 Å². The summed E-state index contributed by atoms with van der Waals surface area (Å²) >= 11 is 0. The minimum absolute atomic E-state index is 0.659. The molecule has 1 fully saturated rings. The van der Waals surface area contributed by atoms with Crippen molar-refractivity contribution >= 4 is 17.9 Å². The smallest absolute Gasteiger partial charge is 0.151 e. The maximum absolute atomic E-state index is 5.35. The Bertz CT molecular complexity index is 654. The third-order valence-corrected chi connectivity index (χ3v) is 3.50. The van der Waals surface area contributed by atoms with E-state index in [1.54, 1.807) is 13.3 Å². The fraction of sp³-hybridized carbons (Fsp3) is 0.312. The lowest BCUT2D eigenvalue weighted by Gasteiger charge is -2.27. The molecule has 7 heteroatoms. The predicted molar refractivity (Wildman–Crippen MR) is 89.3 cm³/mol. The highest BCUT2D eigenvalue weighted by atomic mass is 16.5. The molecule has 0 aliphatic carbocycles. The van der Waals surface area contributed by atoms with Gasteiger partial charge >= 0.3 is 0 Å². The average molecular weight is 313 g/mol. The van der Waals surface area contributed by atoms with Gasteiger partial charge in [0.05, 0.1) is 26.5 Å². The van der Waals surface area contributed by atoms with E-state index in [4.69, 9.17) is 9.47 Å². The van der Waals surface area contributed by atoms with Gasteiger partial charge in [-0.2, -0.15) is 5.10 Å². The Balaban J connectivity index is 1.62. The van der Waals surface area contributed by atoms with Gasteiger partial charge in [-0.3, -0.25) is 5.43 Å². The Morgan fingerprint density at radius 2 is 2.00 bits per heavy atom. The van der Waals surface area contributed by atoms with Crippen LogP contribution < -0.4 is 15.1 Å². The number of morpholine rings is 1. The van der Waals surface area contributed by atoms with E-state index in [-0.39, 0.29) is 0 Å². The fourth-order valence-electron chi connectivity index (χ4n) is 2.24. The van der Waals surface area contributed by atoms with Crippen molar-refractivity contribution in [2.24, 2.45) is 5.10 Å². The maximum Gasteiger partial charge on any atom is 0.151 e. The Kier molecular flexibility index (Phi) is 5.00. The van der Waals surface area contributed by atoms with Crippen LogP contribution in [0.2, 0.25) is 0 Å². The molecule has 0 spiro atoms. The number of hydrogen-bond acceptors (Lipinski definition) is 7. The molecule has 0 atom stereocenters. The maximum atomic E-state index is 5.35. The van der Waals surface area contributed by atoms with Crippen LogP contribution in [0.1, 0.15) is 5.56 Å². The molecule has 0 saturated carbocycles. The highest BCUT2D eigenvalue weighted by molar-refractivity contribution is 5.80. The summed E-state index contributed by atoms with van der Waals surface area (Å²) in [6.45, 7) is 3.13. The van der Waals surface area contributed by atoms with Crippen LogP contribution in [0.15, 0.2) is 41.8 Å². The molecule has 1 N–H and O–H groups in total. The van der Waals surface area contributed by atoms with Crippen LogP contribution in [0.25, 0.3) is 0 Å². The molecule has 2 aromatic rings. The fourth-order valence-corrected chi connectivity index (χ4v) is 2.24. The number of aromatic nitrogens is 2. The van der Waals surface area contributed by atoms with Crippen molar-refractivity contribution in [2.75, 3.05) is 43.7 Å². The summed E-state index contributed by atoms with van der Waals surface area (Å²) in [7, 11) is 1.64. The number of rotatable bonds is 5. The van der Waals surface area contributed by atoms with E-state index in [1.807, 2.05) is 30.3 Å². The van der Waals surface area contributed by atoms with Gasteiger partial charge in [0.2, 0.25) is 0 Å². The molecule has 2 heterocycles. The second-order valence-electron chi connectivity index (χ2n) is 5.00. The SMILES string of the molecule is COc1ccc(/C=N/Nc2cc(N3CCOCC3)ncn2)cc1. The molecule has 1 aliphatic heterocycles. The summed E-state index contributed by atoms with van der Waals surface area (Å²) in [4.78, 5) is 10.7. The monoisotopic (exact) mass is 313 g/mol. The lowest BCUT2D eigenvalue weighted by atomic mass is 10.2. The number of methoxy groups -OCH3 is 1. The highest BCUT2D eigenvalue weighted by Crippen LogP contribution is 2.15. The number of hydrogen-bond donors (Lipinski definition) is 1. The third kappa shape index (κ3) is 4.17. The first-order valence-corrected chi connectivity index (χ1v) is 7.43.